The van der Waals surface area contributed by atoms with E-state index in [0.717, 1.165) is 4.90 Å². The van der Waals surface area contributed by atoms with Crippen molar-refractivity contribution in [2.45, 2.75) is 11.3 Å². The van der Waals surface area contributed by atoms with Crippen LogP contribution < -0.4 is 11.1 Å². The van der Waals surface area contributed by atoms with Crippen LogP contribution in [0.15, 0.2) is 47.5 Å². The van der Waals surface area contributed by atoms with Crippen molar-refractivity contribution >= 4 is 40.8 Å². The van der Waals surface area contributed by atoms with Gasteiger partial charge in [-0.2, -0.15) is 0 Å². The monoisotopic (exact) mass is 307 g/mol. The number of nitrogens with two attached hydrogens (primary N) is 1. The van der Waals surface area contributed by atoms with E-state index in [2.05, 4.69) is 10.3 Å². The topological polar surface area (TPSA) is 68.0 Å². The number of nitrogens with zero attached hydrogens (tertiary/aromatic N) is 1. The molecule has 104 valence electrons. The van der Waals surface area contributed by atoms with E-state index in [4.69, 9.17) is 17.3 Å². The number of hydrogen-bond donors (Lipinski definition) is 2. The highest BCUT2D eigenvalue weighted by molar-refractivity contribution is 7.99. The Labute approximate surface area is 126 Å². The Bertz CT molecular complexity index is 589. The second-order valence-electron chi connectivity index (χ2n) is 4.05. The first-order valence-corrected chi connectivity index (χ1v) is 7.40. The number of nitrogens with one attached hydrogen (secondary N) is 1. The molecule has 20 heavy (non-hydrogen) atoms. The minimum Gasteiger partial charge on any atom is -0.384 e. The van der Waals surface area contributed by atoms with Gasteiger partial charge in [0, 0.05) is 23.3 Å². The Morgan fingerprint density at radius 2 is 2.10 bits per heavy atom. The molecule has 1 aromatic carbocycles. The van der Waals surface area contributed by atoms with E-state index in [1.165, 1.54) is 0 Å². The number of carbonyl (C=O) groups is 1. The molecule has 4 nitrogen and oxygen atoms in total. The van der Waals surface area contributed by atoms with Gasteiger partial charge in [0.1, 0.15) is 5.82 Å². The molecule has 1 aromatic heterocycles. The van der Waals surface area contributed by atoms with Crippen molar-refractivity contribution < 1.29 is 4.79 Å². The fourth-order valence-electron chi connectivity index (χ4n) is 1.51. The zero-order valence-electron chi connectivity index (χ0n) is 10.7. The minimum absolute atomic E-state index is 0.0611. The summed E-state index contributed by atoms with van der Waals surface area (Å²) in [6.07, 6.45) is 2.10. The van der Waals surface area contributed by atoms with E-state index >= 15 is 0 Å². The van der Waals surface area contributed by atoms with E-state index < -0.39 is 0 Å². The summed E-state index contributed by atoms with van der Waals surface area (Å²) in [5.74, 6) is 1.10. The van der Waals surface area contributed by atoms with Gasteiger partial charge in [0.15, 0.2) is 0 Å². The van der Waals surface area contributed by atoms with E-state index in [9.17, 15) is 4.79 Å². The van der Waals surface area contributed by atoms with Crippen LogP contribution in [0.3, 0.4) is 0 Å². The van der Waals surface area contributed by atoms with Gasteiger partial charge in [0.05, 0.1) is 10.7 Å². The lowest BCUT2D eigenvalue weighted by Crippen LogP contribution is -2.12. The Morgan fingerprint density at radius 3 is 2.80 bits per heavy atom. The van der Waals surface area contributed by atoms with E-state index in [1.807, 2.05) is 18.2 Å². The third kappa shape index (κ3) is 4.43. The number of hydrogen-bond acceptors (Lipinski definition) is 4. The average Bonchev–Trinajstić information content (AvgIpc) is 2.44. The molecule has 2 aromatic rings. The maximum atomic E-state index is 11.8. The van der Waals surface area contributed by atoms with E-state index in [0.29, 0.717) is 28.7 Å². The average molecular weight is 308 g/mol. The third-order valence-electron chi connectivity index (χ3n) is 2.51. The number of pyridine rings is 1. The van der Waals surface area contributed by atoms with Crippen LogP contribution in [-0.2, 0) is 4.79 Å². The van der Waals surface area contributed by atoms with Gasteiger partial charge in [-0.1, -0.05) is 23.7 Å². The molecule has 1 heterocycles. The quantitative estimate of drug-likeness (QED) is 0.830. The van der Waals surface area contributed by atoms with Crippen molar-refractivity contribution in [2.24, 2.45) is 0 Å². The highest BCUT2D eigenvalue weighted by atomic mass is 35.5. The predicted molar refractivity (Wildman–Crippen MR) is 84.1 cm³/mol. The molecule has 0 saturated heterocycles. The molecule has 0 unspecified atom stereocenters. The van der Waals surface area contributed by atoms with Crippen molar-refractivity contribution in [1.29, 1.82) is 0 Å². The fourth-order valence-corrected chi connectivity index (χ4v) is 2.51. The number of carbonyl (C=O) groups excluding carboxylic acids is 1. The first-order chi connectivity index (χ1) is 9.65. The number of rotatable bonds is 5. The zero-order chi connectivity index (χ0) is 14.4. The molecule has 0 saturated carbocycles. The van der Waals surface area contributed by atoms with Crippen molar-refractivity contribution in [3.8, 4) is 0 Å². The summed E-state index contributed by atoms with van der Waals surface area (Å²) in [5.41, 5.74) is 6.14. The highest BCUT2D eigenvalue weighted by Crippen LogP contribution is 2.22. The second kappa shape index (κ2) is 7.17. The summed E-state index contributed by atoms with van der Waals surface area (Å²) in [6, 6.07) is 10.8. The van der Waals surface area contributed by atoms with E-state index in [-0.39, 0.29) is 5.91 Å². The smallest absolute Gasteiger partial charge is 0.225 e. The summed E-state index contributed by atoms with van der Waals surface area (Å²) < 4.78 is 0. The van der Waals surface area contributed by atoms with Crippen LogP contribution in [0.2, 0.25) is 5.02 Å². The molecule has 0 atom stereocenters. The molecule has 0 aliphatic heterocycles. The van der Waals surface area contributed by atoms with Crippen LogP contribution in [-0.4, -0.2) is 16.6 Å². The van der Waals surface area contributed by atoms with Crippen LogP contribution in [0.1, 0.15) is 6.42 Å². The van der Waals surface area contributed by atoms with Crippen LogP contribution in [0, 0.1) is 0 Å². The van der Waals surface area contributed by atoms with Gasteiger partial charge in [-0.25, -0.2) is 4.98 Å². The fraction of sp³-hybridized carbons (Fsp3) is 0.143. The number of anilines is 2. The number of halogens is 1. The molecule has 2 rings (SSSR count). The van der Waals surface area contributed by atoms with E-state index in [1.54, 1.807) is 36.2 Å². The first kappa shape index (κ1) is 14.7. The molecule has 0 bridgehead atoms. The van der Waals surface area contributed by atoms with Gasteiger partial charge in [-0.05, 0) is 24.3 Å². The normalized spacial score (nSPS) is 10.2. The molecular weight excluding hydrogens is 294 g/mol. The number of aromatic nitrogens is 1. The lowest BCUT2D eigenvalue weighted by Gasteiger charge is -2.06. The second-order valence-corrected chi connectivity index (χ2v) is 5.62. The number of nitrogen functional groups attached to an aromatic ring is 1. The third-order valence-corrected chi connectivity index (χ3v) is 3.82. The van der Waals surface area contributed by atoms with Crippen molar-refractivity contribution in [2.75, 3.05) is 16.8 Å². The van der Waals surface area contributed by atoms with Crippen molar-refractivity contribution in [3.63, 3.8) is 0 Å². The lowest BCUT2D eigenvalue weighted by molar-refractivity contribution is -0.115. The van der Waals surface area contributed by atoms with Crippen LogP contribution in [0.5, 0.6) is 0 Å². The number of benzene rings is 1. The summed E-state index contributed by atoms with van der Waals surface area (Å²) in [4.78, 5) is 16.8. The number of thioether (sulfide) groups is 1. The maximum absolute atomic E-state index is 11.8. The largest absolute Gasteiger partial charge is 0.384 e. The van der Waals surface area contributed by atoms with Crippen LogP contribution in [0.4, 0.5) is 11.5 Å². The van der Waals surface area contributed by atoms with Crippen LogP contribution >= 0.6 is 23.4 Å². The standard InChI is InChI=1S/C14H14ClN3OS/c15-11-3-1-2-4-12(11)18-14(19)7-8-20-10-5-6-13(16)17-9-10/h1-6,9H,7-8H2,(H2,16,17)(H,18,19). The van der Waals surface area contributed by atoms with Crippen LogP contribution in [0.25, 0.3) is 0 Å². The van der Waals surface area contributed by atoms with Gasteiger partial charge in [0.2, 0.25) is 5.91 Å². The minimum atomic E-state index is -0.0611. The van der Waals surface area contributed by atoms with Gasteiger partial charge >= 0.3 is 0 Å². The molecular formula is C14H14ClN3OS. The molecule has 0 spiro atoms. The molecule has 0 radical (unpaired) electrons. The van der Waals surface area contributed by atoms with Crippen molar-refractivity contribution in [3.05, 3.63) is 47.6 Å². The van der Waals surface area contributed by atoms with Gasteiger partial charge < -0.3 is 11.1 Å². The van der Waals surface area contributed by atoms with Gasteiger partial charge in [-0.3, -0.25) is 4.79 Å². The summed E-state index contributed by atoms with van der Waals surface area (Å²) >= 11 is 7.53. The van der Waals surface area contributed by atoms with Gasteiger partial charge in [0.25, 0.3) is 0 Å². The zero-order valence-corrected chi connectivity index (χ0v) is 12.2. The summed E-state index contributed by atoms with van der Waals surface area (Å²) in [5, 5.41) is 3.32. The Hall–Kier alpha value is -1.72. The summed E-state index contributed by atoms with van der Waals surface area (Å²) in [6.45, 7) is 0. The Kier molecular flexibility index (Phi) is 5.26. The SMILES string of the molecule is Nc1ccc(SCCC(=O)Nc2ccccc2Cl)cn1. The first-order valence-electron chi connectivity index (χ1n) is 6.04. The maximum Gasteiger partial charge on any atom is 0.225 e. The molecule has 6 heteroatoms. The molecule has 3 N–H and O–H groups in total. The predicted octanol–water partition coefficient (Wildman–Crippen LogP) is 3.44. The molecule has 0 fully saturated rings. The Morgan fingerprint density at radius 1 is 1.30 bits per heavy atom. The van der Waals surface area contributed by atoms with Crippen molar-refractivity contribution in [1.82, 2.24) is 4.98 Å². The molecule has 0 aliphatic carbocycles. The van der Waals surface area contributed by atoms with Gasteiger partial charge in [-0.15, -0.1) is 11.8 Å². The Balaban J connectivity index is 1.78. The lowest BCUT2D eigenvalue weighted by atomic mass is 10.3. The highest BCUT2D eigenvalue weighted by Gasteiger charge is 2.05. The molecule has 1 amide bonds. The summed E-state index contributed by atoms with van der Waals surface area (Å²) in [7, 11) is 0. The number of para-hydroxylation sites is 1. The number of amides is 1. The molecule has 0 aliphatic rings.